The molecule has 0 aliphatic carbocycles. The van der Waals surface area contributed by atoms with Crippen LogP contribution in [-0.4, -0.2) is 12.2 Å². The lowest BCUT2D eigenvalue weighted by Gasteiger charge is -1.99. The molecular weight excluding hydrogens is 116 g/mol. The van der Waals surface area contributed by atoms with Crippen molar-refractivity contribution in [2.75, 3.05) is 7.11 Å². The molecule has 0 unspecified atom stereocenters. The molecule has 0 aliphatic heterocycles. The van der Waals surface area contributed by atoms with Crippen molar-refractivity contribution in [2.45, 2.75) is 0 Å². The van der Waals surface area contributed by atoms with Gasteiger partial charge in [-0.1, -0.05) is 12.1 Å². The van der Waals surface area contributed by atoms with Gasteiger partial charge in [0.25, 0.3) is 0 Å². The van der Waals surface area contributed by atoms with Crippen molar-refractivity contribution in [2.24, 2.45) is 0 Å². The molecule has 2 nitrogen and oxygen atoms in total. The lowest BCUT2D eigenvalue weighted by Crippen LogP contribution is -1.80. The number of phenols is 1. The van der Waals surface area contributed by atoms with Crippen LogP contribution in [0, 0.1) is 0 Å². The molecule has 2 heteroatoms. The molecule has 1 aromatic rings. The second kappa shape index (κ2) is 2.40. The molecular formula is C7H8O2. The lowest BCUT2D eigenvalue weighted by atomic mass is 10.3. The van der Waals surface area contributed by atoms with Gasteiger partial charge >= 0.3 is 0 Å². The maximum Gasteiger partial charge on any atom is 0.160 e. The summed E-state index contributed by atoms with van der Waals surface area (Å²) >= 11 is 0. The first-order chi connectivity index (χ1) is 5.57. The van der Waals surface area contributed by atoms with Crippen LogP contribution < -0.4 is 4.74 Å². The third-order valence-electron chi connectivity index (χ3n) is 0.910. The van der Waals surface area contributed by atoms with Crippen LogP contribution in [0.3, 0.4) is 0 Å². The number of methoxy groups -OCH3 is 1. The van der Waals surface area contributed by atoms with Crippen LogP contribution in [-0.2, 0) is 0 Å². The zero-order chi connectivity index (χ0) is 9.30. The molecule has 9 heavy (non-hydrogen) atoms. The molecule has 0 bridgehead atoms. The number of benzene rings is 1. The SMILES string of the molecule is [2H]c1cc(OC)c(O)c([2H])c1[2H]. The molecule has 1 rings (SSSR count). The van der Waals surface area contributed by atoms with Gasteiger partial charge in [0.15, 0.2) is 11.5 Å². The number of rotatable bonds is 1. The summed E-state index contributed by atoms with van der Waals surface area (Å²) in [6, 6.07) is 0.401. The number of hydrogen-bond acceptors (Lipinski definition) is 2. The van der Waals surface area contributed by atoms with Gasteiger partial charge in [0, 0.05) is 0 Å². The number of ether oxygens (including phenoxy) is 1. The molecule has 0 amide bonds. The van der Waals surface area contributed by atoms with E-state index in [0.29, 0.717) is 0 Å². The Morgan fingerprint density at radius 2 is 2.44 bits per heavy atom. The zero-order valence-corrected chi connectivity index (χ0v) is 4.93. The topological polar surface area (TPSA) is 29.5 Å². The Balaban J connectivity index is 3.39. The summed E-state index contributed by atoms with van der Waals surface area (Å²) in [6.45, 7) is 0. The first-order valence-corrected chi connectivity index (χ1v) is 2.41. The minimum atomic E-state index is -0.390. The van der Waals surface area contributed by atoms with E-state index in [1.807, 2.05) is 0 Å². The van der Waals surface area contributed by atoms with E-state index in [2.05, 4.69) is 4.74 Å². The van der Waals surface area contributed by atoms with Crippen LogP contribution in [0.4, 0.5) is 0 Å². The second-order valence-electron chi connectivity index (χ2n) is 1.46. The highest BCUT2D eigenvalue weighted by Crippen LogP contribution is 2.22. The Labute approximate surface area is 57.9 Å². The van der Waals surface area contributed by atoms with Crippen molar-refractivity contribution < 1.29 is 14.0 Å². The molecule has 0 heterocycles. The lowest BCUT2D eigenvalue weighted by molar-refractivity contribution is 0.373. The van der Waals surface area contributed by atoms with Crippen molar-refractivity contribution in [1.29, 1.82) is 0 Å². The maximum absolute atomic E-state index is 9.19. The molecule has 1 aromatic carbocycles. The monoisotopic (exact) mass is 127 g/mol. The van der Waals surface area contributed by atoms with Crippen molar-refractivity contribution in [3.63, 3.8) is 0 Å². The van der Waals surface area contributed by atoms with Crippen LogP contribution in [0.25, 0.3) is 0 Å². The number of aromatic hydroxyl groups is 1. The van der Waals surface area contributed by atoms with Gasteiger partial charge in [-0.05, 0) is 12.1 Å². The molecule has 0 aromatic heterocycles. The van der Waals surface area contributed by atoms with Crippen molar-refractivity contribution in [3.05, 3.63) is 24.2 Å². The molecule has 0 fully saturated rings. The Morgan fingerprint density at radius 3 is 3.11 bits per heavy atom. The standard InChI is InChI=1S/C7H8O2/c1-9-7-5-3-2-4-6(7)8/h2-5,8H,1H3/i2D,3D,4D. The quantitative estimate of drug-likeness (QED) is 0.617. The summed E-state index contributed by atoms with van der Waals surface area (Å²) in [5, 5.41) is 9.19. The highest BCUT2D eigenvalue weighted by molar-refractivity contribution is 5.37. The van der Waals surface area contributed by atoms with Crippen LogP contribution in [0.15, 0.2) is 24.2 Å². The van der Waals surface area contributed by atoms with Gasteiger partial charge in [-0.2, -0.15) is 0 Å². The fourth-order valence-corrected chi connectivity index (χ4v) is 0.482. The van der Waals surface area contributed by atoms with E-state index in [4.69, 9.17) is 4.11 Å². The Hall–Kier alpha value is -1.18. The average molecular weight is 127 g/mol. The first kappa shape index (κ1) is 3.11. The summed E-state index contributed by atoms with van der Waals surface area (Å²) in [4.78, 5) is 0. The normalized spacial score (nSPS) is 13.7. The summed E-state index contributed by atoms with van der Waals surface area (Å²) in [5.74, 6) is -0.334. The fraction of sp³-hybridized carbons (Fsp3) is 0.143. The van der Waals surface area contributed by atoms with Crippen molar-refractivity contribution in [3.8, 4) is 11.5 Å². The third-order valence-corrected chi connectivity index (χ3v) is 0.910. The molecule has 1 N–H and O–H groups in total. The maximum atomic E-state index is 9.19. The number of phenolic OH excluding ortho intramolecular Hbond substituents is 1. The van der Waals surface area contributed by atoms with Gasteiger partial charge in [0.1, 0.15) is 0 Å². The van der Waals surface area contributed by atoms with E-state index in [1.54, 1.807) is 0 Å². The predicted molar refractivity (Wildman–Crippen MR) is 34.7 cm³/mol. The van der Waals surface area contributed by atoms with E-state index in [9.17, 15) is 5.11 Å². The summed E-state index contributed by atoms with van der Waals surface area (Å²) in [5.41, 5.74) is 0. The Kier molecular flexibility index (Phi) is 0.827. The van der Waals surface area contributed by atoms with Gasteiger partial charge in [0.2, 0.25) is 0 Å². The largest absolute Gasteiger partial charge is 0.504 e. The van der Waals surface area contributed by atoms with Gasteiger partial charge in [-0.15, -0.1) is 0 Å². The van der Waals surface area contributed by atoms with E-state index in [0.717, 1.165) is 0 Å². The van der Waals surface area contributed by atoms with Gasteiger partial charge in [-0.25, -0.2) is 0 Å². The second-order valence-corrected chi connectivity index (χ2v) is 1.46. The van der Waals surface area contributed by atoms with Crippen molar-refractivity contribution >= 4 is 0 Å². The van der Waals surface area contributed by atoms with E-state index >= 15 is 0 Å². The summed E-state index contributed by atoms with van der Waals surface area (Å²) < 4.78 is 26.2. The van der Waals surface area contributed by atoms with Crippen LogP contribution in [0.5, 0.6) is 11.5 Å². The van der Waals surface area contributed by atoms with Crippen LogP contribution in [0.2, 0.25) is 0 Å². The number of hydrogen-bond donors (Lipinski definition) is 1. The fourth-order valence-electron chi connectivity index (χ4n) is 0.482. The predicted octanol–water partition coefficient (Wildman–Crippen LogP) is 1.40. The molecule has 0 atom stereocenters. The highest BCUT2D eigenvalue weighted by atomic mass is 16.5. The smallest absolute Gasteiger partial charge is 0.160 e. The van der Waals surface area contributed by atoms with E-state index in [1.165, 1.54) is 13.2 Å². The highest BCUT2D eigenvalue weighted by Gasteiger charge is 1.94. The minimum absolute atomic E-state index is 0.0565. The van der Waals surface area contributed by atoms with Gasteiger partial charge < -0.3 is 9.84 Å². The Bertz CT molecular complexity index is 312. The Morgan fingerprint density at radius 1 is 1.67 bits per heavy atom. The van der Waals surface area contributed by atoms with E-state index in [-0.39, 0.29) is 23.9 Å². The van der Waals surface area contributed by atoms with Gasteiger partial charge in [-0.3, -0.25) is 0 Å². The molecule has 0 saturated heterocycles. The zero-order valence-electron chi connectivity index (χ0n) is 7.93. The minimum Gasteiger partial charge on any atom is -0.504 e. The summed E-state index contributed by atoms with van der Waals surface area (Å²) in [7, 11) is 1.33. The molecule has 0 spiro atoms. The number of para-hydroxylation sites is 2. The molecule has 0 aliphatic rings. The van der Waals surface area contributed by atoms with Gasteiger partial charge in [0.05, 0.1) is 11.2 Å². The first-order valence-electron chi connectivity index (χ1n) is 3.91. The van der Waals surface area contributed by atoms with Crippen molar-refractivity contribution in [1.82, 2.24) is 0 Å². The molecule has 0 saturated carbocycles. The summed E-state index contributed by atoms with van der Waals surface area (Å²) in [6.07, 6.45) is 0. The van der Waals surface area contributed by atoms with Crippen LogP contribution in [0.1, 0.15) is 4.11 Å². The molecule has 0 radical (unpaired) electrons. The van der Waals surface area contributed by atoms with Crippen LogP contribution >= 0.6 is 0 Å². The third kappa shape index (κ3) is 1.13. The molecule has 48 valence electrons. The van der Waals surface area contributed by atoms with E-state index < -0.39 is 5.75 Å². The average Bonchev–Trinajstić information content (AvgIpc) is 2.08.